The first-order valence-electron chi connectivity index (χ1n) is 7.12. The lowest BCUT2D eigenvalue weighted by Crippen LogP contribution is -2.33. The van der Waals surface area contributed by atoms with E-state index in [0.717, 1.165) is 16.9 Å². The predicted molar refractivity (Wildman–Crippen MR) is 95.1 cm³/mol. The summed E-state index contributed by atoms with van der Waals surface area (Å²) in [7, 11) is 0. The molecule has 1 aliphatic heterocycles. The van der Waals surface area contributed by atoms with Crippen molar-refractivity contribution in [1.29, 1.82) is 0 Å². The van der Waals surface area contributed by atoms with Crippen molar-refractivity contribution in [3.05, 3.63) is 29.1 Å². The van der Waals surface area contributed by atoms with Crippen LogP contribution in [0.25, 0.3) is 0 Å². The molecular weight excluding hydrogens is 400 g/mol. The molecule has 1 aromatic rings. The molecule has 0 bridgehead atoms. The largest absolute Gasteiger partial charge is 0.467 e. The molecule has 0 atom stereocenters. The molecule has 0 fully saturated rings. The Hall–Kier alpha value is -1.09. The summed E-state index contributed by atoms with van der Waals surface area (Å²) in [6.07, 6.45) is 0.609. The van der Waals surface area contributed by atoms with Crippen LogP contribution in [0.3, 0.4) is 0 Å². The number of guanidine groups is 1. The molecule has 1 aliphatic rings. The summed E-state index contributed by atoms with van der Waals surface area (Å²) in [6.45, 7) is 6.01. The highest BCUT2D eigenvalue weighted by atomic mass is 127. The van der Waals surface area contributed by atoms with Gasteiger partial charge in [0.2, 0.25) is 0 Å². The standard InChI is InChI=1S/C15H22FN3O2.HI/c1-10(2)7-19-15(17)18-4-3-11-5-13(16)6-12-8-20-9-21-14(11)12;/h5-6,10H,3-4,7-9H2,1-2H3,(H3,17,18,19);1H. The molecule has 1 aromatic carbocycles. The summed E-state index contributed by atoms with van der Waals surface area (Å²) in [5.74, 6) is 1.33. The van der Waals surface area contributed by atoms with E-state index in [1.165, 1.54) is 12.1 Å². The maximum absolute atomic E-state index is 13.6. The number of halogens is 2. The Balaban J connectivity index is 0.00000242. The zero-order valence-electron chi connectivity index (χ0n) is 12.9. The third-order valence-corrected chi connectivity index (χ3v) is 3.08. The minimum absolute atomic E-state index is 0. The van der Waals surface area contributed by atoms with Crippen molar-refractivity contribution >= 4 is 29.9 Å². The summed E-state index contributed by atoms with van der Waals surface area (Å²) in [6, 6.07) is 2.94. The number of fused-ring (bicyclic) bond motifs is 1. The maximum atomic E-state index is 13.6. The second-order valence-electron chi connectivity index (χ2n) is 5.46. The average molecular weight is 423 g/mol. The van der Waals surface area contributed by atoms with E-state index in [1.807, 2.05) is 0 Å². The van der Waals surface area contributed by atoms with E-state index in [0.29, 0.717) is 38.0 Å². The van der Waals surface area contributed by atoms with Gasteiger partial charge in [0.1, 0.15) is 11.6 Å². The number of rotatable bonds is 5. The lowest BCUT2D eigenvalue weighted by atomic mass is 10.1. The number of aliphatic imine (C=N–C) groups is 1. The van der Waals surface area contributed by atoms with Crippen molar-refractivity contribution < 1.29 is 13.9 Å². The van der Waals surface area contributed by atoms with Gasteiger partial charge in [0, 0.05) is 18.7 Å². The number of ether oxygens (including phenoxy) is 2. The van der Waals surface area contributed by atoms with E-state index in [-0.39, 0.29) is 36.6 Å². The van der Waals surface area contributed by atoms with Gasteiger partial charge >= 0.3 is 0 Å². The monoisotopic (exact) mass is 423 g/mol. The first-order chi connectivity index (χ1) is 10.1. The van der Waals surface area contributed by atoms with Crippen LogP contribution in [0, 0.1) is 11.7 Å². The van der Waals surface area contributed by atoms with Crippen LogP contribution < -0.4 is 15.8 Å². The van der Waals surface area contributed by atoms with E-state index in [1.54, 1.807) is 0 Å². The van der Waals surface area contributed by atoms with Gasteiger partial charge in [0.15, 0.2) is 12.8 Å². The Bertz CT molecular complexity index is 524. The molecule has 124 valence electrons. The van der Waals surface area contributed by atoms with Gasteiger partial charge in [0.25, 0.3) is 0 Å². The van der Waals surface area contributed by atoms with Crippen LogP contribution >= 0.6 is 24.0 Å². The Morgan fingerprint density at radius 3 is 2.95 bits per heavy atom. The Kier molecular flexibility index (Phi) is 7.88. The fourth-order valence-corrected chi connectivity index (χ4v) is 2.10. The second-order valence-corrected chi connectivity index (χ2v) is 5.46. The number of hydrogen-bond acceptors (Lipinski definition) is 3. The van der Waals surface area contributed by atoms with E-state index >= 15 is 0 Å². The molecule has 0 aromatic heterocycles. The van der Waals surface area contributed by atoms with Crippen molar-refractivity contribution in [2.24, 2.45) is 16.6 Å². The lowest BCUT2D eigenvalue weighted by Gasteiger charge is -2.21. The lowest BCUT2D eigenvalue weighted by molar-refractivity contribution is -0.0172. The predicted octanol–water partition coefficient (Wildman–Crippen LogP) is 2.41. The molecule has 5 nitrogen and oxygen atoms in total. The topological polar surface area (TPSA) is 68.9 Å². The molecular formula is C15H23FIN3O2. The van der Waals surface area contributed by atoms with E-state index in [9.17, 15) is 4.39 Å². The van der Waals surface area contributed by atoms with Gasteiger partial charge in [0.05, 0.1) is 6.61 Å². The molecule has 0 aliphatic carbocycles. The van der Waals surface area contributed by atoms with Gasteiger partial charge in [-0.2, -0.15) is 0 Å². The highest BCUT2D eigenvalue weighted by Gasteiger charge is 2.16. The zero-order valence-corrected chi connectivity index (χ0v) is 15.2. The van der Waals surface area contributed by atoms with Crippen LogP contribution in [0.2, 0.25) is 0 Å². The second kappa shape index (κ2) is 9.14. The van der Waals surface area contributed by atoms with Crippen LogP contribution in [0.1, 0.15) is 25.0 Å². The minimum Gasteiger partial charge on any atom is -0.467 e. The normalized spacial score (nSPS) is 14.1. The Morgan fingerprint density at radius 2 is 2.23 bits per heavy atom. The number of nitrogens with two attached hydrogens (primary N) is 1. The first kappa shape index (κ1) is 19.0. The highest BCUT2D eigenvalue weighted by molar-refractivity contribution is 14.0. The van der Waals surface area contributed by atoms with Crippen molar-refractivity contribution in [2.75, 3.05) is 19.9 Å². The molecule has 0 saturated heterocycles. The molecule has 3 N–H and O–H groups in total. The van der Waals surface area contributed by atoms with E-state index in [2.05, 4.69) is 24.2 Å². The minimum atomic E-state index is -0.278. The molecule has 0 unspecified atom stereocenters. The van der Waals surface area contributed by atoms with E-state index in [4.69, 9.17) is 15.2 Å². The zero-order chi connectivity index (χ0) is 15.2. The van der Waals surface area contributed by atoms with Crippen LogP contribution in [0.15, 0.2) is 17.1 Å². The molecule has 0 spiro atoms. The fourth-order valence-electron chi connectivity index (χ4n) is 2.10. The number of nitrogens with zero attached hydrogens (tertiary/aromatic N) is 1. The Morgan fingerprint density at radius 1 is 1.45 bits per heavy atom. The van der Waals surface area contributed by atoms with Crippen molar-refractivity contribution in [3.63, 3.8) is 0 Å². The third-order valence-electron chi connectivity index (χ3n) is 3.08. The van der Waals surface area contributed by atoms with Gasteiger partial charge in [-0.25, -0.2) is 4.39 Å². The number of hydrogen-bond donors (Lipinski definition) is 2. The molecule has 1 heterocycles. The van der Waals surface area contributed by atoms with Crippen LogP contribution in [-0.2, 0) is 17.8 Å². The van der Waals surface area contributed by atoms with Crippen LogP contribution in [0.4, 0.5) is 4.39 Å². The van der Waals surface area contributed by atoms with Crippen LogP contribution in [0.5, 0.6) is 5.75 Å². The maximum Gasteiger partial charge on any atom is 0.189 e. The van der Waals surface area contributed by atoms with Crippen LogP contribution in [-0.4, -0.2) is 25.8 Å². The molecule has 0 amide bonds. The van der Waals surface area contributed by atoms with Gasteiger partial charge in [-0.1, -0.05) is 13.8 Å². The van der Waals surface area contributed by atoms with Gasteiger partial charge in [-0.3, -0.25) is 4.99 Å². The van der Waals surface area contributed by atoms with Crippen molar-refractivity contribution in [2.45, 2.75) is 26.9 Å². The number of benzene rings is 1. The third kappa shape index (κ3) is 5.60. The number of nitrogens with one attached hydrogen (secondary N) is 1. The summed E-state index contributed by atoms with van der Waals surface area (Å²) in [4.78, 5) is 4.22. The SMILES string of the molecule is CC(C)CN=C(N)NCCc1cc(F)cc2c1OCOC2.I. The van der Waals surface area contributed by atoms with Crippen molar-refractivity contribution in [3.8, 4) is 5.75 Å². The average Bonchev–Trinajstić information content (AvgIpc) is 2.45. The first-order valence-corrected chi connectivity index (χ1v) is 7.12. The van der Waals surface area contributed by atoms with Gasteiger partial charge in [-0.05, 0) is 30.0 Å². The summed E-state index contributed by atoms with van der Waals surface area (Å²) in [5.41, 5.74) is 7.33. The summed E-state index contributed by atoms with van der Waals surface area (Å²) >= 11 is 0. The quantitative estimate of drug-likeness (QED) is 0.434. The van der Waals surface area contributed by atoms with Gasteiger partial charge < -0.3 is 20.5 Å². The molecule has 7 heteroatoms. The summed E-state index contributed by atoms with van der Waals surface area (Å²) in [5, 5.41) is 3.03. The fraction of sp³-hybridized carbons (Fsp3) is 0.533. The van der Waals surface area contributed by atoms with Gasteiger partial charge in [-0.15, -0.1) is 24.0 Å². The molecule has 0 saturated carbocycles. The Labute approximate surface area is 147 Å². The highest BCUT2D eigenvalue weighted by Crippen LogP contribution is 2.29. The van der Waals surface area contributed by atoms with Crippen molar-refractivity contribution in [1.82, 2.24) is 5.32 Å². The van der Waals surface area contributed by atoms with E-state index < -0.39 is 0 Å². The molecule has 22 heavy (non-hydrogen) atoms. The smallest absolute Gasteiger partial charge is 0.189 e. The molecule has 2 rings (SSSR count). The molecule has 0 radical (unpaired) electrons. The summed E-state index contributed by atoms with van der Waals surface area (Å²) < 4.78 is 24.2.